The second-order valence-corrected chi connectivity index (χ2v) is 6.43. The minimum atomic E-state index is -0.310. The summed E-state index contributed by atoms with van der Waals surface area (Å²) in [6.45, 7) is 0.774. The maximum Gasteiger partial charge on any atom is 0.257 e. The van der Waals surface area contributed by atoms with Gasteiger partial charge in [0.05, 0.1) is 34.2 Å². The van der Waals surface area contributed by atoms with Crippen LogP contribution in [0, 0.1) is 0 Å². The highest BCUT2D eigenvalue weighted by Gasteiger charge is 2.12. The molecule has 0 atom stereocenters. The smallest absolute Gasteiger partial charge is 0.257 e. The number of hydrogen-bond acceptors (Lipinski definition) is 4. The molecule has 0 fully saturated rings. The first-order chi connectivity index (χ1) is 12.6. The van der Waals surface area contributed by atoms with Gasteiger partial charge >= 0.3 is 0 Å². The van der Waals surface area contributed by atoms with Crippen LogP contribution in [0.1, 0.15) is 10.4 Å². The van der Waals surface area contributed by atoms with E-state index in [4.69, 9.17) is 4.74 Å². The summed E-state index contributed by atoms with van der Waals surface area (Å²) in [5.74, 6) is -0.310. The molecular formula is C18H17BrN4O3. The van der Waals surface area contributed by atoms with Gasteiger partial charge in [0.2, 0.25) is 0 Å². The number of amides is 1. The average Bonchev–Trinajstić information content (AvgIpc) is 3.07. The van der Waals surface area contributed by atoms with Gasteiger partial charge in [-0.1, -0.05) is 12.1 Å². The number of halogens is 1. The summed E-state index contributed by atoms with van der Waals surface area (Å²) in [5, 5.41) is 7.12. The van der Waals surface area contributed by atoms with E-state index in [1.54, 1.807) is 30.3 Å². The van der Waals surface area contributed by atoms with Crippen molar-refractivity contribution in [2.24, 2.45) is 0 Å². The van der Waals surface area contributed by atoms with E-state index >= 15 is 0 Å². The monoisotopic (exact) mass is 416 g/mol. The number of anilines is 1. The maximum atomic E-state index is 12.6. The summed E-state index contributed by atoms with van der Waals surface area (Å²) in [5.41, 5.74) is 1.56. The van der Waals surface area contributed by atoms with Gasteiger partial charge in [-0.25, -0.2) is 4.68 Å². The first kappa shape index (κ1) is 18.1. The third kappa shape index (κ3) is 4.09. The van der Waals surface area contributed by atoms with E-state index in [0.29, 0.717) is 24.4 Å². The summed E-state index contributed by atoms with van der Waals surface area (Å²) in [6.07, 6.45) is 5.00. The topological polar surface area (TPSA) is 78.2 Å². The number of aromatic nitrogens is 3. The summed E-state index contributed by atoms with van der Waals surface area (Å²) >= 11 is 3.36. The zero-order valence-corrected chi connectivity index (χ0v) is 15.6. The number of hydrogen-bond donors (Lipinski definition) is 1. The van der Waals surface area contributed by atoms with Gasteiger partial charge in [0, 0.05) is 32.1 Å². The molecule has 1 aromatic carbocycles. The first-order valence-corrected chi connectivity index (χ1v) is 8.68. The number of nitrogens with zero attached hydrogens (tertiary/aromatic N) is 3. The van der Waals surface area contributed by atoms with E-state index in [-0.39, 0.29) is 11.5 Å². The predicted molar refractivity (Wildman–Crippen MR) is 102 cm³/mol. The molecule has 0 aliphatic carbocycles. The standard InChI is InChI=1S/C18H17BrN4O3/c1-26-9-8-22-11-13(6-7-17(22)24)18(25)21-15-4-2-3-5-16(15)23-12-14(19)10-20-23/h2-7,10-12H,8-9H2,1H3,(H,21,25). The zero-order valence-electron chi connectivity index (χ0n) is 14.1. The summed E-state index contributed by atoms with van der Waals surface area (Å²) in [6, 6.07) is 10.2. The van der Waals surface area contributed by atoms with Crippen LogP contribution < -0.4 is 10.9 Å². The quantitative estimate of drug-likeness (QED) is 0.669. The highest BCUT2D eigenvalue weighted by Crippen LogP contribution is 2.21. The van der Waals surface area contributed by atoms with Crippen molar-refractivity contribution < 1.29 is 9.53 Å². The van der Waals surface area contributed by atoms with Gasteiger partial charge in [-0.05, 0) is 34.1 Å². The molecule has 0 spiro atoms. The van der Waals surface area contributed by atoms with Crippen molar-refractivity contribution in [2.45, 2.75) is 6.54 Å². The average molecular weight is 417 g/mol. The van der Waals surface area contributed by atoms with E-state index in [1.807, 2.05) is 18.2 Å². The lowest BCUT2D eigenvalue weighted by atomic mass is 10.2. The summed E-state index contributed by atoms with van der Waals surface area (Å²) < 4.78 is 8.95. The number of ether oxygens (including phenoxy) is 1. The lowest BCUT2D eigenvalue weighted by Gasteiger charge is -2.12. The molecule has 3 aromatic rings. The van der Waals surface area contributed by atoms with E-state index in [9.17, 15) is 9.59 Å². The number of carbonyl (C=O) groups is 1. The van der Waals surface area contributed by atoms with Gasteiger partial charge < -0.3 is 14.6 Å². The molecule has 26 heavy (non-hydrogen) atoms. The van der Waals surface area contributed by atoms with Crippen molar-refractivity contribution in [3.8, 4) is 5.69 Å². The molecule has 0 aliphatic heterocycles. The predicted octanol–water partition coefficient (Wildman–Crippen LogP) is 2.70. The van der Waals surface area contributed by atoms with E-state index in [1.165, 1.54) is 22.9 Å². The molecule has 7 nitrogen and oxygen atoms in total. The van der Waals surface area contributed by atoms with Crippen LogP contribution in [0.2, 0.25) is 0 Å². The van der Waals surface area contributed by atoms with Crippen LogP contribution in [0.4, 0.5) is 5.69 Å². The largest absolute Gasteiger partial charge is 0.383 e. The molecule has 1 N–H and O–H groups in total. The Morgan fingerprint density at radius 3 is 2.77 bits per heavy atom. The highest BCUT2D eigenvalue weighted by atomic mass is 79.9. The minimum absolute atomic E-state index is 0.180. The number of methoxy groups -OCH3 is 1. The number of pyridine rings is 1. The minimum Gasteiger partial charge on any atom is -0.383 e. The number of carbonyl (C=O) groups excluding carboxylic acids is 1. The van der Waals surface area contributed by atoms with Crippen LogP contribution >= 0.6 is 15.9 Å². The number of nitrogens with one attached hydrogen (secondary N) is 1. The normalized spacial score (nSPS) is 10.7. The van der Waals surface area contributed by atoms with Crippen molar-refractivity contribution in [1.82, 2.24) is 14.3 Å². The van der Waals surface area contributed by atoms with Gasteiger partial charge in [-0.3, -0.25) is 9.59 Å². The van der Waals surface area contributed by atoms with Crippen LogP contribution in [0.15, 0.2) is 64.3 Å². The number of benzene rings is 1. The Hall–Kier alpha value is -2.71. The van der Waals surface area contributed by atoms with E-state index < -0.39 is 0 Å². The van der Waals surface area contributed by atoms with Gasteiger partial charge in [0.15, 0.2) is 0 Å². The van der Waals surface area contributed by atoms with Gasteiger partial charge in [0.25, 0.3) is 11.5 Å². The molecule has 8 heteroatoms. The molecule has 2 aromatic heterocycles. The van der Waals surface area contributed by atoms with Crippen molar-refractivity contribution in [2.75, 3.05) is 19.0 Å². The fourth-order valence-corrected chi connectivity index (χ4v) is 2.72. The third-order valence-corrected chi connectivity index (χ3v) is 4.14. The van der Waals surface area contributed by atoms with Crippen LogP contribution in [0.5, 0.6) is 0 Å². The molecule has 0 radical (unpaired) electrons. The molecule has 0 aliphatic rings. The van der Waals surface area contributed by atoms with Crippen LogP contribution in [-0.2, 0) is 11.3 Å². The molecule has 0 saturated carbocycles. The van der Waals surface area contributed by atoms with E-state index in [0.717, 1.165) is 10.2 Å². The van der Waals surface area contributed by atoms with Crippen LogP contribution in [-0.4, -0.2) is 34.0 Å². The fraction of sp³-hybridized carbons (Fsp3) is 0.167. The molecule has 134 valence electrons. The second kappa shape index (κ2) is 8.11. The molecule has 0 saturated heterocycles. The lowest BCUT2D eigenvalue weighted by Crippen LogP contribution is -2.23. The van der Waals surface area contributed by atoms with Crippen LogP contribution in [0.3, 0.4) is 0 Å². The molecular weight excluding hydrogens is 400 g/mol. The van der Waals surface area contributed by atoms with Gasteiger partial charge in [-0.2, -0.15) is 5.10 Å². The lowest BCUT2D eigenvalue weighted by molar-refractivity contribution is 0.102. The summed E-state index contributed by atoms with van der Waals surface area (Å²) in [7, 11) is 1.56. The van der Waals surface area contributed by atoms with Gasteiger partial charge in [-0.15, -0.1) is 0 Å². The maximum absolute atomic E-state index is 12.6. The summed E-state index contributed by atoms with van der Waals surface area (Å²) in [4.78, 5) is 24.5. The van der Waals surface area contributed by atoms with Gasteiger partial charge in [0.1, 0.15) is 0 Å². The molecule has 1 amide bonds. The second-order valence-electron chi connectivity index (χ2n) is 5.52. The Bertz CT molecular complexity index is 980. The molecule has 3 rings (SSSR count). The Morgan fingerprint density at radius 2 is 2.04 bits per heavy atom. The van der Waals surface area contributed by atoms with E-state index in [2.05, 4.69) is 26.3 Å². The van der Waals surface area contributed by atoms with Crippen molar-refractivity contribution in [3.63, 3.8) is 0 Å². The third-order valence-electron chi connectivity index (χ3n) is 3.73. The molecule has 2 heterocycles. The number of para-hydroxylation sites is 2. The Kier molecular flexibility index (Phi) is 5.65. The number of rotatable bonds is 6. The first-order valence-electron chi connectivity index (χ1n) is 7.89. The highest BCUT2D eigenvalue weighted by molar-refractivity contribution is 9.10. The Labute approximate surface area is 158 Å². The Balaban J connectivity index is 1.86. The SMILES string of the molecule is COCCn1cc(C(=O)Nc2ccccc2-n2cc(Br)cn2)ccc1=O. The van der Waals surface area contributed by atoms with Crippen molar-refractivity contribution in [1.29, 1.82) is 0 Å². The Morgan fingerprint density at radius 1 is 1.23 bits per heavy atom. The molecule has 0 unspecified atom stereocenters. The zero-order chi connectivity index (χ0) is 18.5. The van der Waals surface area contributed by atoms with Crippen LogP contribution in [0.25, 0.3) is 5.69 Å². The fourth-order valence-electron chi connectivity index (χ4n) is 2.44. The van der Waals surface area contributed by atoms with Crippen molar-refractivity contribution >= 4 is 27.5 Å². The molecule has 0 bridgehead atoms. The van der Waals surface area contributed by atoms with Crippen molar-refractivity contribution in [3.05, 3.63) is 75.4 Å².